The molecule has 0 aromatic carbocycles. The highest BCUT2D eigenvalue weighted by Gasteiger charge is 2.45. The molecule has 1 saturated heterocycles. The first kappa shape index (κ1) is 15.6. The van der Waals surface area contributed by atoms with E-state index in [-0.39, 0.29) is 11.5 Å². The van der Waals surface area contributed by atoms with Gasteiger partial charge in [0.15, 0.2) is 0 Å². The number of carbonyl (C=O) groups excluding carboxylic acids is 1. The van der Waals surface area contributed by atoms with Crippen molar-refractivity contribution >= 4 is 46.4 Å². The number of halogens is 2. The van der Waals surface area contributed by atoms with Gasteiger partial charge in [-0.25, -0.2) is 4.79 Å². The van der Waals surface area contributed by atoms with Crippen LogP contribution in [0.2, 0.25) is 8.67 Å². The first-order valence-electron chi connectivity index (χ1n) is 6.22. The number of hydrogen-bond acceptors (Lipinski definition) is 3. The summed E-state index contributed by atoms with van der Waals surface area (Å²) in [6, 6.07) is 0.649. The Morgan fingerprint density at radius 2 is 2.10 bits per heavy atom. The van der Waals surface area contributed by atoms with Crippen LogP contribution in [-0.2, 0) is 4.79 Å². The quantitative estimate of drug-likeness (QED) is 0.894. The average molecular weight is 336 g/mol. The summed E-state index contributed by atoms with van der Waals surface area (Å²) in [6.07, 6.45) is 1.55. The molecule has 4 nitrogen and oxygen atoms in total. The SMILES string of the molecule is CC1(C)CCCN(C(=O)c2cc(Cl)sc2Cl)C1C(=O)O. The molecule has 2 heterocycles. The van der Waals surface area contributed by atoms with Crippen molar-refractivity contribution in [1.29, 1.82) is 0 Å². The van der Waals surface area contributed by atoms with E-state index in [0.717, 1.165) is 24.2 Å². The molecular weight excluding hydrogens is 321 g/mol. The molecule has 1 amide bonds. The lowest BCUT2D eigenvalue weighted by Gasteiger charge is -2.43. The van der Waals surface area contributed by atoms with Gasteiger partial charge in [0.05, 0.1) is 9.90 Å². The Hall–Kier alpha value is -0.780. The van der Waals surface area contributed by atoms with Crippen molar-refractivity contribution in [3.05, 3.63) is 20.3 Å². The number of hydrogen-bond donors (Lipinski definition) is 1. The van der Waals surface area contributed by atoms with Crippen molar-refractivity contribution in [2.45, 2.75) is 32.7 Å². The summed E-state index contributed by atoms with van der Waals surface area (Å²) in [5.41, 5.74) is -0.183. The highest BCUT2D eigenvalue weighted by molar-refractivity contribution is 7.20. The molecule has 0 bridgehead atoms. The molecule has 1 atom stereocenters. The molecule has 0 aliphatic carbocycles. The van der Waals surface area contributed by atoms with Crippen molar-refractivity contribution in [2.24, 2.45) is 5.41 Å². The first-order chi connectivity index (χ1) is 9.24. The standard InChI is InChI=1S/C13H15Cl2NO3S/c1-13(2)4-3-5-16(9(13)12(18)19)11(17)7-6-8(14)20-10(7)15/h6,9H,3-5H2,1-2H3,(H,18,19). The van der Waals surface area contributed by atoms with E-state index in [2.05, 4.69) is 0 Å². The lowest BCUT2D eigenvalue weighted by molar-refractivity contribution is -0.148. The summed E-state index contributed by atoms with van der Waals surface area (Å²) in [5, 5.41) is 9.46. The summed E-state index contributed by atoms with van der Waals surface area (Å²) in [6.45, 7) is 4.16. The van der Waals surface area contributed by atoms with Gasteiger partial charge in [-0.3, -0.25) is 4.79 Å². The molecule has 1 unspecified atom stereocenters. The van der Waals surface area contributed by atoms with Crippen LogP contribution in [0, 0.1) is 5.41 Å². The van der Waals surface area contributed by atoms with Crippen molar-refractivity contribution in [3.63, 3.8) is 0 Å². The van der Waals surface area contributed by atoms with Gasteiger partial charge in [0.1, 0.15) is 10.4 Å². The van der Waals surface area contributed by atoms with Crippen LogP contribution >= 0.6 is 34.5 Å². The highest BCUT2D eigenvalue weighted by atomic mass is 35.5. The summed E-state index contributed by atoms with van der Waals surface area (Å²) < 4.78 is 0.717. The Balaban J connectivity index is 2.36. The van der Waals surface area contributed by atoms with Crippen molar-refractivity contribution in [3.8, 4) is 0 Å². The van der Waals surface area contributed by atoms with Gasteiger partial charge in [-0.1, -0.05) is 37.0 Å². The molecule has 7 heteroatoms. The summed E-state index contributed by atoms with van der Waals surface area (Å²) in [5.74, 6) is -1.35. The largest absolute Gasteiger partial charge is 0.480 e. The molecule has 2 rings (SSSR count). The smallest absolute Gasteiger partial charge is 0.326 e. The average Bonchev–Trinajstić information content (AvgIpc) is 2.65. The van der Waals surface area contributed by atoms with E-state index in [1.165, 1.54) is 11.0 Å². The number of carbonyl (C=O) groups is 2. The van der Waals surface area contributed by atoms with Crippen LogP contribution in [0.1, 0.15) is 37.0 Å². The van der Waals surface area contributed by atoms with E-state index in [4.69, 9.17) is 23.2 Å². The minimum atomic E-state index is -0.986. The summed E-state index contributed by atoms with van der Waals surface area (Å²) in [4.78, 5) is 25.5. The van der Waals surface area contributed by atoms with E-state index >= 15 is 0 Å². The number of likely N-dealkylation sites (tertiary alicyclic amines) is 1. The molecule has 0 saturated carbocycles. The van der Waals surface area contributed by atoms with Gasteiger partial charge in [0, 0.05) is 6.54 Å². The predicted octanol–water partition coefficient (Wildman–Crippen LogP) is 3.77. The van der Waals surface area contributed by atoms with Crippen LogP contribution in [-0.4, -0.2) is 34.5 Å². The Morgan fingerprint density at radius 1 is 1.45 bits per heavy atom. The zero-order chi connectivity index (χ0) is 15.1. The number of carboxylic acid groups (broad SMARTS) is 1. The lowest BCUT2D eigenvalue weighted by Crippen LogP contribution is -2.56. The number of amides is 1. The van der Waals surface area contributed by atoms with Crippen LogP contribution in [0.25, 0.3) is 0 Å². The third kappa shape index (κ3) is 2.80. The molecule has 1 fully saturated rings. The lowest BCUT2D eigenvalue weighted by atomic mass is 9.76. The van der Waals surface area contributed by atoms with Gasteiger partial charge in [0.2, 0.25) is 0 Å². The third-order valence-electron chi connectivity index (χ3n) is 3.65. The van der Waals surface area contributed by atoms with Crippen molar-refractivity contribution in [1.82, 2.24) is 4.90 Å². The van der Waals surface area contributed by atoms with Gasteiger partial charge >= 0.3 is 5.97 Å². The predicted molar refractivity (Wildman–Crippen MR) is 79.8 cm³/mol. The second kappa shape index (κ2) is 5.54. The van der Waals surface area contributed by atoms with Gasteiger partial charge < -0.3 is 10.0 Å². The van der Waals surface area contributed by atoms with E-state index in [1.807, 2.05) is 13.8 Å². The zero-order valence-corrected chi connectivity index (χ0v) is 13.5. The zero-order valence-electron chi connectivity index (χ0n) is 11.2. The number of rotatable bonds is 2. The van der Waals surface area contributed by atoms with E-state index in [0.29, 0.717) is 15.2 Å². The fourth-order valence-corrected chi connectivity index (χ4v) is 4.17. The molecule has 0 radical (unpaired) electrons. The number of piperidine rings is 1. The second-order valence-electron chi connectivity index (χ2n) is 5.57. The maximum absolute atomic E-state index is 12.6. The molecule has 0 spiro atoms. The Bertz CT molecular complexity index is 556. The Labute approximate surface area is 131 Å². The monoisotopic (exact) mass is 335 g/mol. The number of carboxylic acids is 1. The normalized spacial score (nSPS) is 21.8. The van der Waals surface area contributed by atoms with E-state index in [9.17, 15) is 14.7 Å². The summed E-state index contributed by atoms with van der Waals surface area (Å²) in [7, 11) is 0. The Kier molecular flexibility index (Phi) is 4.33. The molecule has 1 aromatic heterocycles. The van der Waals surface area contributed by atoms with Gasteiger partial charge in [-0.05, 0) is 24.3 Å². The van der Waals surface area contributed by atoms with Crippen molar-refractivity contribution in [2.75, 3.05) is 6.54 Å². The molecule has 1 aliphatic rings. The fraction of sp³-hybridized carbons (Fsp3) is 0.538. The summed E-state index contributed by atoms with van der Waals surface area (Å²) >= 11 is 13.0. The van der Waals surface area contributed by atoms with E-state index < -0.39 is 17.4 Å². The number of aliphatic carboxylic acids is 1. The van der Waals surface area contributed by atoms with E-state index in [1.54, 1.807) is 0 Å². The molecule has 20 heavy (non-hydrogen) atoms. The van der Waals surface area contributed by atoms with Crippen LogP contribution in [0.15, 0.2) is 6.07 Å². The molecule has 1 aromatic rings. The third-order valence-corrected chi connectivity index (χ3v) is 5.14. The van der Waals surface area contributed by atoms with Crippen LogP contribution in [0.3, 0.4) is 0 Å². The van der Waals surface area contributed by atoms with Crippen LogP contribution < -0.4 is 0 Å². The minimum absolute atomic E-state index is 0.283. The van der Waals surface area contributed by atoms with Gasteiger partial charge in [-0.2, -0.15) is 0 Å². The van der Waals surface area contributed by atoms with Gasteiger partial charge in [0.25, 0.3) is 5.91 Å². The fourth-order valence-electron chi connectivity index (χ4n) is 2.72. The Morgan fingerprint density at radius 3 is 2.60 bits per heavy atom. The van der Waals surface area contributed by atoms with Crippen molar-refractivity contribution < 1.29 is 14.7 Å². The highest BCUT2D eigenvalue weighted by Crippen LogP contribution is 2.38. The molecule has 110 valence electrons. The number of thiophene rings is 1. The van der Waals surface area contributed by atoms with Crippen LogP contribution in [0.5, 0.6) is 0 Å². The number of nitrogens with zero attached hydrogens (tertiary/aromatic N) is 1. The molecule has 1 aliphatic heterocycles. The van der Waals surface area contributed by atoms with Gasteiger partial charge in [-0.15, -0.1) is 11.3 Å². The van der Waals surface area contributed by atoms with Crippen LogP contribution in [0.4, 0.5) is 0 Å². The maximum Gasteiger partial charge on any atom is 0.326 e. The molecular formula is C13H15Cl2NO3S. The second-order valence-corrected chi connectivity index (χ2v) is 7.85. The molecule has 1 N–H and O–H groups in total. The maximum atomic E-state index is 12.6. The minimum Gasteiger partial charge on any atom is -0.480 e. The topological polar surface area (TPSA) is 57.6 Å². The first-order valence-corrected chi connectivity index (χ1v) is 7.80.